The largest absolute Gasteiger partial charge is 0.391 e. The molecule has 0 radical (unpaired) electrons. The van der Waals surface area contributed by atoms with Crippen molar-refractivity contribution in [3.8, 4) is 0 Å². The fraction of sp³-hybridized carbons (Fsp3) is 0.364. The van der Waals surface area contributed by atoms with Crippen LogP contribution in [-0.2, 0) is 23.2 Å². The number of aliphatic hydroxyl groups excluding tert-OH is 1. The summed E-state index contributed by atoms with van der Waals surface area (Å²) >= 11 is 1.07. The van der Waals surface area contributed by atoms with Crippen molar-refractivity contribution in [2.24, 2.45) is 0 Å². The normalized spacial score (nSPS) is 11.9. The molecule has 0 saturated heterocycles. The molecular formula is C11H15N3O3S2. The number of sulfonamides is 1. The third kappa shape index (κ3) is 3.63. The first-order valence-corrected chi connectivity index (χ1v) is 7.99. The van der Waals surface area contributed by atoms with Gasteiger partial charge in [0.1, 0.15) is 4.21 Å². The van der Waals surface area contributed by atoms with Gasteiger partial charge in [0.2, 0.25) is 10.0 Å². The zero-order chi connectivity index (χ0) is 13.9. The van der Waals surface area contributed by atoms with Gasteiger partial charge in [0.05, 0.1) is 19.3 Å². The van der Waals surface area contributed by atoms with Crippen molar-refractivity contribution in [1.29, 1.82) is 0 Å². The predicted octanol–water partition coefficient (Wildman–Crippen LogP) is 0.724. The maximum Gasteiger partial charge on any atom is 0.250 e. The van der Waals surface area contributed by atoms with E-state index in [1.165, 1.54) is 6.07 Å². The van der Waals surface area contributed by atoms with E-state index in [9.17, 15) is 8.42 Å². The molecule has 2 aromatic rings. The fourth-order valence-corrected chi connectivity index (χ4v) is 3.82. The van der Waals surface area contributed by atoms with E-state index in [1.54, 1.807) is 16.9 Å². The van der Waals surface area contributed by atoms with Crippen LogP contribution in [0.5, 0.6) is 0 Å². The van der Waals surface area contributed by atoms with Gasteiger partial charge in [-0.05, 0) is 24.6 Å². The highest BCUT2D eigenvalue weighted by Crippen LogP contribution is 2.21. The molecule has 2 heterocycles. The van der Waals surface area contributed by atoms with Crippen LogP contribution < -0.4 is 4.72 Å². The lowest BCUT2D eigenvalue weighted by Crippen LogP contribution is -2.26. The molecule has 0 aliphatic carbocycles. The second-order valence-corrected chi connectivity index (χ2v) is 7.22. The van der Waals surface area contributed by atoms with Gasteiger partial charge in [-0.25, -0.2) is 13.1 Å². The molecule has 0 aliphatic heterocycles. The highest BCUT2D eigenvalue weighted by atomic mass is 32.2. The molecule has 2 rings (SSSR count). The third-order valence-electron chi connectivity index (χ3n) is 2.45. The molecule has 0 bridgehead atoms. The van der Waals surface area contributed by atoms with E-state index in [-0.39, 0.29) is 17.4 Å². The average molecular weight is 301 g/mol. The second kappa shape index (κ2) is 5.83. The van der Waals surface area contributed by atoms with Gasteiger partial charge in [-0.3, -0.25) is 4.68 Å². The van der Waals surface area contributed by atoms with Gasteiger partial charge >= 0.3 is 0 Å². The standard InChI is InChI=1S/C11H15N3O3S2/c1-9-6-12-14(7-9)5-4-13-19(16,17)11-3-2-10(8-15)18-11/h2-3,6-7,13,15H,4-5,8H2,1H3. The van der Waals surface area contributed by atoms with Crippen molar-refractivity contribution < 1.29 is 13.5 Å². The molecule has 104 valence electrons. The Labute approximate surface area is 115 Å². The van der Waals surface area contributed by atoms with Crippen LogP contribution in [0.15, 0.2) is 28.7 Å². The monoisotopic (exact) mass is 301 g/mol. The van der Waals surface area contributed by atoms with Crippen LogP contribution >= 0.6 is 11.3 Å². The van der Waals surface area contributed by atoms with E-state index < -0.39 is 10.0 Å². The number of hydrogen-bond acceptors (Lipinski definition) is 5. The molecule has 0 saturated carbocycles. The molecule has 8 heteroatoms. The lowest BCUT2D eigenvalue weighted by Gasteiger charge is -2.04. The zero-order valence-electron chi connectivity index (χ0n) is 10.4. The Morgan fingerprint density at radius 3 is 2.84 bits per heavy atom. The predicted molar refractivity (Wildman–Crippen MR) is 72.4 cm³/mol. The molecular weight excluding hydrogens is 286 g/mol. The van der Waals surface area contributed by atoms with Gasteiger partial charge in [-0.1, -0.05) is 0 Å². The number of aliphatic hydroxyl groups is 1. The van der Waals surface area contributed by atoms with Crippen LogP contribution in [0.2, 0.25) is 0 Å². The molecule has 0 fully saturated rings. The van der Waals surface area contributed by atoms with Crippen molar-refractivity contribution in [3.05, 3.63) is 35.0 Å². The first-order valence-electron chi connectivity index (χ1n) is 5.69. The average Bonchev–Trinajstić information content (AvgIpc) is 2.98. The van der Waals surface area contributed by atoms with Crippen molar-refractivity contribution in [2.75, 3.05) is 6.54 Å². The Morgan fingerprint density at radius 1 is 1.47 bits per heavy atom. The summed E-state index contributed by atoms with van der Waals surface area (Å²) in [5, 5.41) is 13.0. The summed E-state index contributed by atoms with van der Waals surface area (Å²) < 4.78 is 28.3. The number of aryl methyl sites for hydroxylation is 1. The minimum Gasteiger partial charge on any atom is -0.391 e. The molecule has 2 N–H and O–H groups in total. The lowest BCUT2D eigenvalue weighted by atomic mass is 10.4. The van der Waals surface area contributed by atoms with Gasteiger partial charge in [0.25, 0.3) is 0 Å². The first kappa shape index (κ1) is 14.2. The second-order valence-electron chi connectivity index (χ2n) is 4.06. The van der Waals surface area contributed by atoms with Crippen molar-refractivity contribution in [3.63, 3.8) is 0 Å². The minimum absolute atomic E-state index is 0.146. The quantitative estimate of drug-likeness (QED) is 0.823. The van der Waals surface area contributed by atoms with Gasteiger partial charge in [0.15, 0.2) is 0 Å². The van der Waals surface area contributed by atoms with E-state index >= 15 is 0 Å². The zero-order valence-corrected chi connectivity index (χ0v) is 12.0. The maximum atomic E-state index is 11.9. The molecule has 0 atom stereocenters. The Hall–Kier alpha value is -1.22. The third-order valence-corrected chi connectivity index (χ3v) is 5.48. The minimum atomic E-state index is -3.50. The molecule has 0 aromatic carbocycles. The van der Waals surface area contributed by atoms with Crippen LogP contribution in [0.1, 0.15) is 10.4 Å². The Morgan fingerprint density at radius 2 is 2.26 bits per heavy atom. The number of hydrogen-bond donors (Lipinski definition) is 2. The molecule has 0 unspecified atom stereocenters. The summed E-state index contributed by atoms with van der Waals surface area (Å²) in [4.78, 5) is 0.628. The molecule has 2 aromatic heterocycles. The molecule has 19 heavy (non-hydrogen) atoms. The van der Waals surface area contributed by atoms with Gasteiger partial charge < -0.3 is 5.11 Å². The number of thiophene rings is 1. The molecule has 0 aliphatic rings. The Kier molecular flexibility index (Phi) is 4.35. The van der Waals surface area contributed by atoms with E-state index in [0.29, 0.717) is 11.4 Å². The SMILES string of the molecule is Cc1cnn(CCNS(=O)(=O)c2ccc(CO)s2)c1. The summed E-state index contributed by atoms with van der Waals surface area (Å²) in [7, 11) is -3.50. The highest BCUT2D eigenvalue weighted by molar-refractivity contribution is 7.91. The first-order chi connectivity index (χ1) is 9.01. The summed E-state index contributed by atoms with van der Waals surface area (Å²) in [6.45, 7) is 2.53. The summed E-state index contributed by atoms with van der Waals surface area (Å²) in [6, 6.07) is 3.10. The smallest absolute Gasteiger partial charge is 0.250 e. The number of aromatic nitrogens is 2. The van der Waals surface area contributed by atoms with Gasteiger partial charge in [0, 0.05) is 17.6 Å². The van der Waals surface area contributed by atoms with Crippen molar-refractivity contribution in [1.82, 2.24) is 14.5 Å². The topological polar surface area (TPSA) is 84.2 Å². The molecule has 6 nitrogen and oxygen atoms in total. The van der Waals surface area contributed by atoms with Crippen molar-refractivity contribution >= 4 is 21.4 Å². The maximum absolute atomic E-state index is 11.9. The molecule has 0 amide bonds. The Balaban J connectivity index is 1.94. The van der Waals surface area contributed by atoms with Crippen molar-refractivity contribution in [2.45, 2.75) is 24.3 Å². The van der Waals surface area contributed by atoms with E-state index in [2.05, 4.69) is 9.82 Å². The Bertz CT molecular complexity index is 646. The van der Waals surface area contributed by atoms with Crippen LogP contribution in [0.4, 0.5) is 0 Å². The lowest BCUT2D eigenvalue weighted by molar-refractivity contribution is 0.285. The molecule has 0 spiro atoms. The van der Waals surface area contributed by atoms with Crippen LogP contribution in [0.25, 0.3) is 0 Å². The van der Waals surface area contributed by atoms with Crippen LogP contribution in [0, 0.1) is 6.92 Å². The van der Waals surface area contributed by atoms with Crippen LogP contribution in [0.3, 0.4) is 0 Å². The number of nitrogens with zero attached hydrogens (tertiary/aromatic N) is 2. The summed E-state index contributed by atoms with van der Waals surface area (Å²) in [5.41, 5.74) is 1.04. The summed E-state index contributed by atoms with van der Waals surface area (Å²) in [6.07, 6.45) is 3.57. The summed E-state index contributed by atoms with van der Waals surface area (Å²) in [5.74, 6) is 0. The van der Waals surface area contributed by atoms with Gasteiger partial charge in [-0.15, -0.1) is 11.3 Å². The fourth-order valence-electron chi connectivity index (χ4n) is 1.54. The van der Waals surface area contributed by atoms with Crippen LogP contribution in [-0.4, -0.2) is 29.8 Å². The van der Waals surface area contributed by atoms with E-state index in [1.807, 2.05) is 13.1 Å². The number of nitrogens with one attached hydrogen (secondary N) is 1. The van der Waals surface area contributed by atoms with E-state index in [0.717, 1.165) is 16.9 Å². The van der Waals surface area contributed by atoms with E-state index in [4.69, 9.17) is 5.11 Å². The highest BCUT2D eigenvalue weighted by Gasteiger charge is 2.15. The van der Waals surface area contributed by atoms with Gasteiger partial charge in [-0.2, -0.15) is 5.10 Å². The number of rotatable bonds is 6.